The van der Waals surface area contributed by atoms with Gasteiger partial charge in [0, 0.05) is 5.41 Å². The van der Waals surface area contributed by atoms with Gasteiger partial charge in [-0.05, 0) is 106 Å². The standard InChI is InChI=1S/C50H76O11/c1-7-9-10-11-12-13-14-15-16-17-29-58-45(53)33(3)50(55)42(31-40-38-23-20-35-30-36(51)24-26-48(35,4)39(38)25-27-49(40,50)5)60-47-44(43(57-28-8-2)41(52)32-59-47)61-46(54)34-18-21-37(56-6)22-19-34/h8,18-22,33,36,38-44,47,51-52,55H,2,7,9-17,23-32H2,1,3-6H3/t33-,36+,38-,39+,40+,41+,42+,43+,44-,47+,48+,49+,50-/m1/s1. The molecule has 342 valence electrons. The molecule has 1 aromatic rings. The van der Waals surface area contributed by atoms with E-state index in [-0.39, 0.29) is 42.1 Å². The van der Waals surface area contributed by atoms with E-state index in [1.165, 1.54) is 50.5 Å². The number of methoxy groups -OCH3 is 1. The fourth-order valence-electron chi connectivity index (χ4n) is 12.1. The summed E-state index contributed by atoms with van der Waals surface area (Å²) in [4.78, 5) is 27.9. The van der Waals surface area contributed by atoms with Crippen molar-refractivity contribution in [3.63, 3.8) is 0 Å². The van der Waals surface area contributed by atoms with Crippen molar-refractivity contribution in [2.24, 2.45) is 34.5 Å². The lowest BCUT2D eigenvalue weighted by Gasteiger charge is -2.59. The van der Waals surface area contributed by atoms with Crippen LogP contribution in [0.2, 0.25) is 0 Å². The Kier molecular flexibility index (Phi) is 16.6. The van der Waals surface area contributed by atoms with Crippen LogP contribution in [0.4, 0.5) is 0 Å². The van der Waals surface area contributed by atoms with E-state index in [0.717, 1.165) is 44.9 Å². The van der Waals surface area contributed by atoms with Crippen LogP contribution < -0.4 is 4.74 Å². The summed E-state index contributed by atoms with van der Waals surface area (Å²) >= 11 is 0. The number of carbonyl (C=O) groups is 2. The molecule has 4 aliphatic carbocycles. The maximum Gasteiger partial charge on any atom is 0.338 e. The van der Waals surface area contributed by atoms with Gasteiger partial charge < -0.3 is 43.7 Å². The Morgan fingerprint density at radius 1 is 0.951 bits per heavy atom. The SMILES string of the molecule is C=CCO[C@@H]1[C@@H](OC(=O)c2ccc(OC)cc2)[C@H](O[C@H]2C[C@H]3[C@@H]4CC=C5C[C@@H](O)CC[C@]5(C)[C@H]4CC[C@]3(C)[C@@]2(O)[C@H](C)C(=O)OCCCCCCCCCCCC)OC[C@@H]1O. The molecule has 61 heavy (non-hydrogen) atoms. The van der Waals surface area contributed by atoms with Gasteiger partial charge in [-0.15, -0.1) is 6.58 Å². The molecule has 3 N–H and O–H groups in total. The number of ether oxygens (including phenoxy) is 6. The Morgan fingerprint density at radius 2 is 1.64 bits per heavy atom. The van der Waals surface area contributed by atoms with Crippen molar-refractivity contribution >= 4 is 11.9 Å². The normalized spacial score (nSPS) is 36.1. The average molecular weight is 853 g/mol. The zero-order valence-corrected chi connectivity index (χ0v) is 37.7. The number of benzene rings is 1. The third-order valence-corrected chi connectivity index (χ3v) is 15.8. The van der Waals surface area contributed by atoms with Crippen LogP contribution in [-0.4, -0.2) is 96.6 Å². The van der Waals surface area contributed by atoms with Gasteiger partial charge in [0.1, 0.15) is 23.6 Å². The second kappa shape index (κ2) is 21.3. The zero-order chi connectivity index (χ0) is 43.8. The minimum absolute atomic E-state index is 0.0118. The number of rotatable bonds is 21. The molecular formula is C50H76O11. The maximum absolute atomic E-state index is 14.2. The molecule has 1 aromatic carbocycles. The minimum Gasteiger partial charge on any atom is -0.497 e. The summed E-state index contributed by atoms with van der Waals surface area (Å²) in [6, 6.07) is 6.50. The van der Waals surface area contributed by atoms with Crippen LogP contribution in [0.1, 0.15) is 147 Å². The highest BCUT2D eigenvalue weighted by Crippen LogP contribution is 2.69. The molecule has 1 heterocycles. The fraction of sp³-hybridized carbons (Fsp3) is 0.760. The van der Waals surface area contributed by atoms with Crippen molar-refractivity contribution in [2.75, 3.05) is 26.9 Å². The quantitative estimate of drug-likeness (QED) is 0.0620. The van der Waals surface area contributed by atoms with Crippen molar-refractivity contribution in [3.8, 4) is 5.75 Å². The van der Waals surface area contributed by atoms with Gasteiger partial charge in [0.2, 0.25) is 0 Å². The first-order chi connectivity index (χ1) is 29.3. The fourth-order valence-corrected chi connectivity index (χ4v) is 12.1. The summed E-state index contributed by atoms with van der Waals surface area (Å²) in [5.41, 5.74) is -0.836. The van der Waals surface area contributed by atoms with E-state index in [1.807, 2.05) is 0 Å². The molecule has 6 rings (SSSR count). The number of allylic oxidation sites excluding steroid dienone is 1. The van der Waals surface area contributed by atoms with Crippen LogP contribution in [0.5, 0.6) is 5.75 Å². The highest BCUT2D eigenvalue weighted by Gasteiger charge is 2.71. The van der Waals surface area contributed by atoms with Crippen LogP contribution in [0.25, 0.3) is 0 Å². The predicted octanol–water partition coefficient (Wildman–Crippen LogP) is 8.66. The van der Waals surface area contributed by atoms with Gasteiger partial charge in [0.05, 0.1) is 50.6 Å². The number of hydrogen-bond donors (Lipinski definition) is 3. The van der Waals surface area contributed by atoms with Gasteiger partial charge >= 0.3 is 11.9 Å². The lowest BCUT2D eigenvalue weighted by Crippen LogP contribution is -2.63. The second-order valence-corrected chi connectivity index (χ2v) is 19.3. The van der Waals surface area contributed by atoms with Crippen molar-refractivity contribution in [1.29, 1.82) is 0 Å². The molecule has 5 aliphatic rings. The van der Waals surface area contributed by atoms with Gasteiger partial charge in [-0.2, -0.15) is 0 Å². The smallest absolute Gasteiger partial charge is 0.338 e. The molecule has 1 saturated heterocycles. The first-order valence-electron chi connectivity index (χ1n) is 23.6. The van der Waals surface area contributed by atoms with Gasteiger partial charge in [-0.25, -0.2) is 4.79 Å². The van der Waals surface area contributed by atoms with Gasteiger partial charge in [0.15, 0.2) is 12.4 Å². The molecule has 1 aliphatic heterocycles. The lowest BCUT2D eigenvalue weighted by atomic mass is 9.46. The monoisotopic (exact) mass is 853 g/mol. The van der Waals surface area contributed by atoms with Crippen molar-refractivity contribution in [1.82, 2.24) is 0 Å². The van der Waals surface area contributed by atoms with Crippen LogP contribution >= 0.6 is 0 Å². The summed E-state index contributed by atoms with van der Waals surface area (Å²) in [5.74, 6) is -0.919. The summed E-state index contributed by atoms with van der Waals surface area (Å²) in [7, 11) is 1.54. The third kappa shape index (κ3) is 10.1. The summed E-state index contributed by atoms with van der Waals surface area (Å²) in [6.07, 6.45) is 15.0. The highest BCUT2D eigenvalue weighted by atomic mass is 16.7. The Bertz CT molecular complexity index is 1630. The molecule has 0 bridgehead atoms. The zero-order valence-electron chi connectivity index (χ0n) is 37.7. The molecule has 0 aromatic heterocycles. The summed E-state index contributed by atoms with van der Waals surface area (Å²) in [6.45, 7) is 12.5. The number of aliphatic hydroxyl groups excluding tert-OH is 2. The summed E-state index contributed by atoms with van der Waals surface area (Å²) < 4.78 is 36.5. The third-order valence-electron chi connectivity index (χ3n) is 15.8. The number of esters is 2. The Morgan fingerprint density at radius 3 is 2.31 bits per heavy atom. The second-order valence-electron chi connectivity index (χ2n) is 19.3. The van der Waals surface area contributed by atoms with Crippen LogP contribution in [0, 0.1) is 34.5 Å². The Hall–Kier alpha value is -2.80. The van der Waals surface area contributed by atoms with Crippen LogP contribution in [0.3, 0.4) is 0 Å². The highest BCUT2D eigenvalue weighted by molar-refractivity contribution is 5.89. The predicted molar refractivity (Wildman–Crippen MR) is 233 cm³/mol. The topological polar surface area (TPSA) is 150 Å². The Labute approximate surface area is 364 Å². The molecule has 11 nitrogen and oxygen atoms in total. The van der Waals surface area contributed by atoms with E-state index >= 15 is 0 Å². The number of fused-ring (bicyclic) bond motifs is 5. The average Bonchev–Trinajstić information content (AvgIpc) is 3.49. The molecule has 11 heteroatoms. The van der Waals surface area contributed by atoms with E-state index in [9.17, 15) is 24.9 Å². The van der Waals surface area contributed by atoms with Crippen molar-refractivity contribution in [2.45, 2.75) is 179 Å². The number of hydrogen-bond acceptors (Lipinski definition) is 11. The van der Waals surface area contributed by atoms with E-state index in [2.05, 4.69) is 33.4 Å². The summed E-state index contributed by atoms with van der Waals surface area (Å²) in [5, 5.41) is 35.3. The number of unbranched alkanes of at least 4 members (excludes halogenated alkanes) is 9. The Balaban J connectivity index is 1.24. The maximum atomic E-state index is 14.2. The molecular weight excluding hydrogens is 777 g/mol. The molecule has 13 atom stereocenters. The van der Waals surface area contributed by atoms with Crippen LogP contribution in [0.15, 0.2) is 48.6 Å². The van der Waals surface area contributed by atoms with E-state index in [4.69, 9.17) is 28.4 Å². The molecule has 3 saturated carbocycles. The van der Waals surface area contributed by atoms with E-state index < -0.39 is 59.6 Å². The molecule has 0 amide bonds. The first kappa shape index (κ1) is 47.7. The number of carbonyl (C=O) groups excluding carboxylic acids is 2. The van der Waals surface area contributed by atoms with Gasteiger partial charge in [-0.3, -0.25) is 4.79 Å². The lowest BCUT2D eigenvalue weighted by molar-refractivity contribution is -0.307. The molecule has 0 radical (unpaired) electrons. The van der Waals surface area contributed by atoms with Crippen molar-refractivity contribution < 1.29 is 53.3 Å². The van der Waals surface area contributed by atoms with Crippen molar-refractivity contribution in [3.05, 3.63) is 54.1 Å². The molecule has 0 unspecified atom stereocenters. The minimum atomic E-state index is -1.67. The molecule has 4 fully saturated rings. The van der Waals surface area contributed by atoms with Gasteiger partial charge in [-0.1, -0.05) is 96.3 Å². The van der Waals surface area contributed by atoms with E-state index in [1.54, 1.807) is 44.4 Å². The molecule has 0 spiro atoms. The van der Waals surface area contributed by atoms with Crippen LogP contribution in [-0.2, 0) is 28.5 Å². The first-order valence-corrected chi connectivity index (χ1v) is 23.6. The van der Waals surface area contributed by atoms with E-state index in [0.29, 0.717) is 37.5 Å². The largest absolute Gasteiger partial charge is 0.497 e. The van der Waals surface area contributed by atoms with Gasteiger partial charge in [0.25, 0.3) is 0 Å². The number of aliphatic hydroxyl groups is 3.